The van der Waals surface area contributed by atoms with Crippen LogP contribution < -0.4 is 5.73 Å². The van der Waals surface area contributed by atoms with E-state index in [4.69, 9.17) is 24.8 Å². The SMILES string of the molecule is CCCCCCC/C=C\C/C=C\CCCCCCCCCCCC(=O)OC(COC(=O)CCCCCCC/C=C\CCCCCCCCC)COP(=O)(O)OCC(N)C(=O)O. The number of carboxylic acids is 1. The highest BCUT2D eigenvalue weighted by molar-refractivity contribution is 7.47. The lowest BCUT2D eigenvalue weighted by Gasteiger charge is -2.20. The van der Waals surface area contributed by atoms with Crippen molar-refractivity contribution in [1.82, 2.24) is 0 Å². The fraction of sp³-hybridized carbons (Fsp3) is 0.816. The van der Waals surface area contributed by atoms with Gasteiger partial charge in [-0.25, -0.2) is 4.57 Å². The molecule has 11 nitrogen and oxygen atoms in total. The average molecular weight is 884 g/mol. The molecular formula is C49H90NO10P. The van der Waals surface area contributed by atoms with Crippen molar-refractivity contribution < 1.29 is 47.5 Å². The Bertz CT molecular complexity index is 1180. The second kappa shape index (κ2) is 44.3. The first-order valence-electron chi connectivity index (χ1n) is 24.5. The first kappa shape index (κ1) is 58.7. The topological polar surface area (TPSA) is 172 Å². The minimum Gasteiger partial charge on any atom is -0.480 e. The molecule has 0 aromatic rings. The molecule has 0 aliphatic heterocycles. The molecule has 3 unspecified atom stereocenters. The largest absolute Gasteiger partial charge is 0.480 e. The highest BCUT2D eigenvalue weighted by Gasteiger charge is 2.28. The number of hydrogen-bond donors (Lipinski definition) is 3. The van der Waals surface area contributed by atoms with Crippen LogP contribution in [0.1, 0.15) is 226 Å². The zero-order valence-electron chi connectivity index (χ0n) is 38.8. The first-order valence-corrected chi connectivity index (χ1v) is 26.0. The minimum atomic E-state index is -4.72. The molecular weight excluding hydrogens is 794 g/mol. The fourth-order valence-corrected chi connectivity index (χ4v) is 7.52. The van der Waals surface area contributed by atoms with Gasteiger partial charge in [-0.05, 0) is 70.6 Å². The van der Waals surface area contributed by atoms with E-state index in [0.717, 1.165) is 70.6 Å². The van der Waals surface area contributed by atoms with Crippen LogP contribution in [0.4, 0.5) is 0 Å². The third-order valence-corrected chi connectivity index (χ3v) is 11.6. The maximum Gasteiger partial charge on any atom is 0.472 e. The van der Waals surface area contributed by atoms with Gasteiger partial charge in [0, 0.05) is 12.8 Å². The van der Waals surface area contributed by atoms with Gasteiger partial charge >= 0.3 is 25.7 Å². The molecule has 356 valence electrons. The Labute approximate surface area is 372 Å². The van der Waals surface area contributed by atoms with Gasteiger partial charge in [0.25, 0.3) is 0 Å². The molecule has 0 radical (unpaired) electrons. The van der Waals surface area contributed by atoms with Gasteiger partial charge in [0.05, 0.1) is 13.2 Å². The fourth-order valence-electron chi connectivity index (χ4n) is 6.74. The maximum absolute atomic E-state index is 12.7. The van der Waals surface area contributed by atoms with Gasteiger partial charge in [0.1, 0.15) is 12.6 Å². The Kier molecular flexibility index (Phi) is 42.6. The molecule has 0 rings (SSSR count). The summed E-state index contributed by atoms with van der Waals surface area (Å²) in [5.41, 5.74) is 5.35. The summed E-state index contributed by atoms with van der Waals surface area (Å²) in [4.78, 5) is 46.1. The number of carboxylic acid groups (broad SMARTS) is 1. The molecule has 0 aliphatic carbocycles. The van der Waals surface area contributed by atoms with Crippen LogP contribution in [0, 0.1) is 0 Å². The molecule has 0 bridgehead atoms. The number of phosphoric acid groups is 1. The van der Waals surface area contributed by atoms with E-state index >= 15 is 0 Å². The van der Waals surface area contributed by atoms with Crippen LogP contribution in [0.25, 0.3) is 0 Å². The number of carbonyl (C=O) groups is 3. The maximum atomic E-state index is 12.7. The highest BCUT2D eigenvalue weighted by atomic mass is 31.2. The standard InChI is InChI=1S/C49H90NO10P/c1-3-5-7-9-11-13-15-17-19-21-22-23-24-25-27-29-31-33-35-37-39-41-48(52)60-45(43-58-61(55,56)59-44-46(50)49(53)54)42-57-47(51)40-38-36-34-32-30-28-26-20-18-16-14-12-10-8-6-4-2/h15,17,20-22,26,45-46H,3-14,16,18-19,23-25,27-44,50H2,1-2H3,(H,53,54)(H,55,56)/b17-15-,22-21-,26-20-. The van der Waals surface area contributed by atoms with Crippen molar-refractivity contribution in [2.75, 3.05) is 19.8 Å². The number of esters is 2. The summed E-state index contributed by atoms with van der Waals surface area (Å²) in [7, 11) is -4.72. The second-order valence-electron chi connectivity index (χ2n) is 16.6. The van der Waals surface area contributed by atoms with Crippen molar-refractivity contribution in [3.63, 3.8) is 0 Å². The van der Waals surface area contributed by atoms with Crippen LogP contribution in [-0.2, 0) is 37.5 Å². The summed E-state index contributed by atoms with van der Waals surface area (Å²) in [6, 6.07) is -1.52. The van der Waals surface area contributed by atoms with E-state index in [-0.39, 0.29) is 19.4 Å². The molecule has 0 amide bonds. The molecule has 12 heteroatoms. The molecule has 0 aliphatic rings. The van der Waals surface area contributed by atoms with E-state index in [9.17, 15) is 23.8 Å². The lowest BCUT2D eigenvalue weighted by atomic mass is 10.1. The van der Waals surface area contributed by atoms with E-state index < -0.39 is 51.1 Å². The smallest absolute Gasteiger partial charge is 0.472 e. The van der Waals surface area contributed by atoms with Crippen molar-refractivity contribution in [3.8, 4) is 0 Å². The van der Waals surface area contributed by atoms with Crippen molar-refractivity contribution in [2.24, 2.45) is 5.73 Å². The summed E-state index contributed by atoms with van der Waals surface area (Å²) in [5, 5.41) is 8.91. The van der Waals surface area contributed by atoms with Gasteiger partial charge in [-0.1, -0.05) is 179 Å². The van der Waals surface area contributed by atoms with Crippen molar-refractivity contribution in [2.45, 2.75) is 238 Å². The number of rotatable bonds is 46. The van der Waals surface area contributed by atoms with Gasteiger partial charge in [0.2, 0.25) is 0 Å². The Morgan fingerprint density at radius 2 is 0.869 bits per heavy atom. The zero-order chi connectivity index (χ0) is 44.9. The summed E-state index contributed by atoms with van der Waals surface area (Å²) in [5.74, 6) is -2.39. The summed E-state index contributed by atoms with van der Waals surface area (Å²) in [6.45, 7) is 2.80. The first-order chi connectivity index (χ1) is 29.6. The van der Waals surface area contributed by atoms with Gasteiger partial charge < -0.3 is 25.2 Å². The molecule has 0 aromatic carbocycles. The zero-order valence-corrected chi connectivity index (χ0v) is 39.7. The molecule has 0 fully saturated rings. The van der Waals surface area contributed by atoms with E-state index in [1.165, 1.54) is 116 Å². The van der Waals surface area contributed by atoms with Gasteiger partial charge in [-0.2, -0.15) is 0 Å². The summed E-state index contributed by atoms with van der Waals surface area (Å²) >= 11 is 0. The number of unbranched alkanes of at least 4 members (excludes halogenated alkanes) is 26. The Morgan fingerprint density at radius 1 is 0.508 bits per heavy atom. The van der Waals surface area contributed by atoms with Crippen LogP contribution in [-0.4, -0.2) is 59.9 Å². The van der Waals surface area contributed by atoms with Crippen LogP contribution in [0.15, 0.2) is 36.5 Å². The third-order valence-electron chi connectivity index (χ3n) is 10.6. The monoisotopic (exact) mass is 884 g/mol. The van der Waals surface area contributed by atoms with Crippen LogP contribution in [0.3, 0.4) is 0 Å². The molecule has 61 heavy (non-hydrogen) atoms. The summed E-state index contributed by atoms with van der Waals surface area (Å²) in [6.07, 6.45) is 49.1. The molecule has 0 spiro atoms. The van der Waals surface area contributed by atoms with Crippen molar-refractivity contribution in [3.05, 3.63) is 36.5 Å². The van der Waals surface area contributed by atoms with Crippen molar-refractivity contribution in [1.29, 1.82) is 0 Å². The Morgan fingerprint density at radius 3 is 1.30 bits per heavy atom. The number of nitrogens with two attached hydrogens (primary N) is 1. The lowest BCUT2D eigenvalue weighted by molar-refractivity contribution is -0.161. The van der Waals surface area contributed by atoms with Gasteiger partial charge in [-0.3, -0.25) is 23.4 Å². The van der Waals surface area contributed by atoms with E-state index in [1.807, 2.05) is 0 Å². The molecule has 0 heterocycles. The van der Waals surface area contributed by atoms with E-state index in [1.54, 1.807) is 0 Å². The van der Waals surface area contributed by atoms with Crippen LogP contribution >= 0.6 is 7.82 Å². The summed E-state index contributed by atoms with van der Waals surface area (Å²) < 4.78 is 32.8. The van der Waals surface area contributed by atoms with Crippen molar-refractivity contribution >= 4 is 25.7 Å². The van der Waals surface area contributed by atoms with Crippen LogP contribution in [0.2, 0.25) is 0 Å². The van der Waals surface area contributed by atoms with E-state index in [2.05, 4.69) is 54.8 Å². The molecule has 0 saturated heterocycles. The number of ether oxygens (including phenoxy) is 2. The molecule has 3 atom stereocenters. The minimum absolute atomic E-state index is 0.155. The second-order valence-corrected chi connectivity index (χ2v) is 18.0. The van der Waals surface area contributed by atoms with Crippen LogP contribution in [0.5, 0.6) is 0 Å². The Hall–Kier alpha value is -2.30. The average Bonchev–Trinajstić information content (AvgIpc) is 3.24. The predicted octanol–water partition coefficient (Wildman–Crippen LogP) is 13.6. The quantitative estimate of drug-likeness (QED) is 0.0230. The number of carbonyl (C=O) groups excluding carboxylic acids is 2. The molecule has 0 saturated carbocycles. The predicted molar refractivity (Wildman–Crippen MR) is 249 cm³/mol. The lowest BCUT2D eigenvalue weighted by Crippen LogP contribution is -2.34. The third kappa shape index (κ3) is 44.1. The normalized spacial score (nSPS) is 13.9. The van der Waals surface area contributed by atoms with E-state index in [0.29, 0.717) is 12.8 Å². The van der Waals surface area contributed by atoms with Gasteiger partial charge in [0.15, 0.2) is 6.10 Å². The molecule has 0 aromatic heterocycles. The number of phosphoric ester groups is 1. The molecule has 4 N–H and O–H groups in total. The highest BCUT2D eigenvalue weighted by Crippen LogP contribution is 2.43. The Balaban J connectivity index is 4.29. The van der Waals surface area contributed by atoms with Gasteiger partial charge in [-0.15, -0.1) is 0 Å². The number of hydrogen-bond acceptors (Lipinski definition) is 9. The number of aliphatic carboxylic acids is 1. The number of allylic oxidation sites excluding steroid dienone is 6.